The second kappa shape index (κ2) is 14.2. The van der Waals surface area contributed by atoms with Crippen LogP contribution in [0.4, 0.5) is 14.7 Å². The zero-order valence-electron chi connectivity index (χ0n) is 27.6. The molecule has 5 amide bonds. The lowest BCUT2D eigenvalue weighted by atomic mass is 9.98. The first-order valence-electron chi connectivity index (χ1n) is 16.1. The highest BCUT2D eigenvalue weighted by Crippen LogP contribution is 2.43. The first-order valence-corrected chi connectivity index (χ1v) is 17.0. The van der Waals surface area contributed by atoms with E-state index in [1.54, 1.807) is 20.8 Å². The van der Waals surface area contributed by atoms with Crippen LogP contribution in [0.5, 0.6) is 0 Å². The van der Waals surface area contributed by atoms with E-state index in [2.05, 4.69) is 31.4 Å². The predicted molar refractivity (Wildman–Crippen MR) is 181 cm³/mol. The summed E-state index contributed by atoms with van der Waals surface area (Å²) in [4.78, 5) is 76.1. The average molecular weight is 704 g/mol. The molecule has 0 unspecified atom stereocenters. The molecule has 2 atom stereocenters. The molecule has 0 radical (unpaired) electrons. The number of hydrogen-bond acceptors (Lipinski definition) is 11. The number of thiazole rings is 1. The van der Waals surface area contributed by atoms with E-state index >= 15 is 0 Å². The number of esters is 1. The minimum absolute atomic E-state index is 0.0179. The highest BCUT2D eigenvalue weighted by atomic mass is 32.1. The topological polar surface area (TPSA) is 190 Å². The van der Waals surface area contributed by atoms with Gasteiger partial charge in [0.05, 0.1) is 6.04 Å². The van der Waals surface area contributed by atoms with E-state index in [9.17, 15) is 24.0 Å². The minimum atomic E-state index is -1.46. The lowest BCUT2D eigenvalue weighted by Crippen LogP contribution is -2.72. The Hall–Kier alpha value is -5.51. The molecule has 2 aromatic carbocycles. The molecule has 1 aliphatic carbocycles. The molecule has 0 bridgehead atoms. The van der Waals surface area contributed by atoms with Gasteiger partial charge in [0.2, 0.25) is 11.5 Å². The Bertz CT molecular complexity index is 1750. The largest absolute Gasteiger partial charge is 0.450 e. The number of nitrogens with one attached hydrogen (secondary N) is 4. The van der Waals surface area contributed by atoms with E-state index in [4.69, 9.17) is 14.3 Å². The van der Waals surface area contributed by atoms with Gasteiger partial charge >= 0.3 is 18.1 Å². The highest BCUT2D eigenvalue weighted by molar-refractivity contribution is 7.14. The zero-order chi connectivity index (χ0) is 35.5. The summed E-state index contributed by atoms with van der Waals surface area (Å²) in [5.74, 6) is -1.92. The fraction of sp³-hybridized carbons (Fsp3) is 0.382. The van der Waals surface area contributed by atoms with Gasteiger partial charge < -0.3 is 35.2 Å². The van der Waals surface area contributed by atoms with Gasteiger partial charge in [0.15, 0.2) is 16.9 Å². The van der Waals surface area contributed by atoms with Gasteiger partial charge in [-0.1, -0.05) is 65.8 Å². The summed E-state index contributed by atoms with van der Waals surface area (Å²) in [6, 6.07) is 16.8. The number of carbonyl (C=O) groups excluding carboxylic acids is 5. The van der Waals surface area contributed by atoms with E-state index in [0.717, 1.165) is 22.5 Å². The summed E-state index contributed by atoms with van der Waals surface area (Å²) in [7, 11) is 0. The Balaban J connectivity index is 1.22. The third-order valence-corrected chi connectivity index (χ3v) is 8.81. The number of ether oxygens (including phenoxy) is 2. The third-order valence-electron chi connectivity index (χ3n) is 8.05. The average Bonchev–Trinajstić information content (AvgIpc) is 3.56. The number of β-lactam (4-membered cyclic amide) rings is 1. The molecule has 16 heteroatoms. The maximum atomic E-state index is 13.8. The van der Waals surface area contributed by atoms with Gasteiger partial charge in [-0.15, -0.1) is 11.3 Å². The molecule has 2 aliphatic heterocycles. The molecule has 2 saturated heterocycles. The molecule has 1 aromatic heterocycles. The molecule has 15 nitrogen and oxygen atoms in total. The van der Waals surface area contributed by atoms with Crippen LogP contribution < -0.4 is 21.3 Å². The molecule has 3 aromatic rings. The highest BCUT2D eigenvalue weighted by Gasteiger charge is 2.56. The van der Waals surface area contributed by atoms with Crippen LogP contribution in [0.15, 0.2) is 71.2 Å². The van der Waals surface area contributed by atoms with Crippen LogP contribution in [-0.2, 0) is 28.7 Å². The molecular formula is C34H37N7O8S. The second-order valence-corrected chi connectivity index (χ2v) is 13.9. The number of urea groups is 1. The molecule has 0 spiro atoms. The molecular weight excluding hydrogens is 666 g/mol. The lowest BCUT2D eigenvalue weighted by Gasteiger charge is -2.38. The second-order valence-electron chi connectivity index (χ2n) is 13.0. The van der Waals surface area contributed by atoms with Crippen molar-refractivity contribution >= 4 is 52.1 Å². The molecule has 3 heterocycles. The lowest BCUT2D eigenvalue weighted by molar-refractivity contribution is -0.164. The number of aromatic nitrogens is 1. The van der Waals surface area contributed by atoms with Crippen LogP contribution in [0.1, 0.15) is 56.5 Å². The third kappa shape index (κ3) is 8.02. The molecule has 6 rings (SSSR count). The van der Waals surface area contributed by atoms with E-state index in [1.807, 2.05) is 60.7 Å². The Kier molecular flexibility index (Phi) is 9.72. The standard InChI is InChI=1S/C34H37N7O8S/c1-33(2,3)48-32(46)39-30-37-23(19-50-30)25(28(43)38-24-22(36-27(24)42)18-41-17-16-35-31(41)45)40-49-34(14-15-34)29(44)47-26(20-10-6-4-7-11-20)21-12-8-5-9-13-21/h4-13,19,22,24,26H,14-18H2,1-3H3,(H,35,45)(H,36,42)(H,38,43)(H,37,39,46)/t22-,24+/m1/s1. The molecule has 4 N–H and O–H groups in total. The molecule has 262 valence electrons. The number of benzene rings is 2. The number of amides is 5. The quantitative estimate of drug-likeness (QED) is 0.0951. The summed E-state index contributed by atoms with van der Waals surface area (Å²) in [6.45, 7) is 6.28. The normalized spacial score (nSPS) is 19.5. The summed E-state index contributed by atoms with van der Waals surface area (Å²) >= 11 is 1.01. The fourth-order valence-electron chi connectivity index (χ4n) is 5.31. The number of rotatable bonds is 12. The van der Waals surface area contributed by atoms with Gasteiger partial charge in [-0.2, -0.15) is 0 Å². The summed E-state index contributed by atoms with van der Waals surface area (Å²) < 4.78 is 11.3. The molecule has 3 fully saturated rings. The van der Waals surface area contributed by atoms with Crippen LogP contribution in [0.3, 0.4) is 0 Å². The summed E-state index contributed by atoms with van der Waals surface area (Å²) in [6.07, 6.45) is -0.893. The smallest absolute Gasteiger partial charge is 0.413 e. The van der Waals surface area contributed by atoms with Crippen molar-refractivity contribution in [1.82, 2.24) is 25.8 Å². The maximum absolute atomic E-state index is 13.8. The van der Waals surface area contributed by atoms with E-state index in [0.29, 0.717) is 13.1 Å². The predicted octanol–water partition coefficient (Wildman–Crippen LogP) is 3.08. The molecule has 1 saturated carbocycles. The van der Waals surface area contributed by atoms with Gasteiger partial charge in [-0.05, 0) is 31.9 Å². The first-order chi connectivity index (χ1) is 23.9. The van der Waals surface area contributed by atoms with Crippen molar-refractivity contribution in [2.45, 2.75) is 63.0 Å². The van der Waals surface area contributed by atoms with Gasteiger partial charge in [-0.3, -0.25) is 14.9 Å². The van der Waals surface area contributed by atoms with E-state index < -0.39 is 53.3 Å². The van der Waals surface area contributed by atoms with Crippen molar-refractivity contribution in [3.63, 3.8) is 0 Å². The SMILES string of the molecule is CC(C)(C)OC(=O)Nc1nc(C(=NOC2(C(=O)OC(c3ccccc3)c3ccccc3)CC2)C(=O)N[C@@H]2C(=O)N[C@@H]2CN2CCNC2=O)cs1. The molecule has 3 aliphatic rings. The van der Waals surface area contributed by atoms with Crippen molar-refractivity contribution < 1.29 is 38.3 Å². The Morgan fingerprint density at radius 2 is 1.72 bits per heavy atom. The van der Waals surface area contributed by atoms with Crippen LogP contribution in [0.25, 0.3) is 0 Å². The van der Waals surface area contributed by atoms with Crippen LogP contribution in [0.2, 0.25) is 0 Å². The number of oxime groups is 1. The van der Waals surface area contributed by atoms with E-state index in [1.165, 1.54) is 10.3 Å². The Morgan fingerprint density at radius 1 is 1.06 bits per heavy atom. The Morgan fingerprint density at radius 3 is 2.28 bits per heavy atom. The van der Waals surface area contributed by atoms with Crippen LogP contribution in [0, 0.1) is 0 Å². The number of carbonyl (C=O) groups is 5. The zero-order valence-corrected chi connectivity index (χ0v) is 28.5. The summed E-state index contributed by atoms with van der Waals surface area (Å²) in [5, 5.41) is 16.3. The summed E-state index contributed by atoms with van der Waals surface area (Å²) in [5.41, 5.74) is -1.01. The van der Waals surface area contributed by atoms with Crippen molar-refractivity contribution in [1.29, 1.82) is 0 Å². The van der Waals surface area contributed by atoms with Gasteiger partial charge in [0.1, 0.15) is 17.3 Å². The maximum Gasteiger partial charge on any atom is 0.413 e. The van der Waals surface area contributed by atoms with Crippen LogP contribution >= 0.6 is 11.3 Å². The number of anilines is 1. The Labute approximate surface area is 291 Å². The van der Waals surface area contributed by atoms with Crippen molar-refractivity contribution in [3.8, 4) is 0 Å². The number of nitrogens with zero attached hydrogens (tertiary/aromatic N) is 3. The monoisotopic (exact) mass is 703 g/mol. The van der Waals surface area contributed by atoms with Gasteiger partial charge in [0, 0.05) is 37.9 Å². The number of hydrogen-bond donors (Lipinski definition) is 4. The van der Waals surface area contributed by atoms with E-state index in [-0.39, 0.29) is 42.0 Å². The fourth-order valence-corrected chi connectivity index (χ4v) is 5.99. The first kappa shape index (κ1) is 34.4. The van der Waals surface area contributed by atoms with Crippen molar-refractivity contribution in [2.75, 3.05) is 25.0 Å². The van der Waals surface area contributed by atoms with Gasteiger partial charge in [0.25, 0.3) is 5.91 Å². The van der Waals surface area contributed by atoms with Gasteiger partial charge in [-0.25, -0.2) is 19.4 Å². The van der Waals surface area contributed by atoms with Crippen molar-refractivity contribution in [2.24, 2.45) is 5.16 Å². The minimum Gasteiger partial charge on any atom is -0.450 e. The molecule has 50 heavy (non-hydrogen) atoms. The van der Waals surface area contributed by atoms with Crippen LogP contribution in [-0.4, -0.2) is 88.4 Å². The van der Waals surface area contributed by atoms with Crippen molar-refractivity contribution in [3.05, 3.63) is 82.9 Å².